The average molecular weight is 280 g/mol. The minimum absolute atomic E-state index is 0.259. The van der Waals surface area contributed by atoms with E-state index in [4.69, 9.17) is 0 Å². The van der Waals surface area contributed by atoms with E-state index in [-0.39, 0.29) is 5.91 Å². The first-order valence-electron chi connectivity index (χ1n) is 6.49. The van der Waals surface area contributed by atoms with E-state index in [1.807, 2.05) is 36.4 Å². The number of carbonyl (C=O) groups excluding carboxylic acids is 1. The number of hydrogen-bond donors (Lipinski definition) is 1. The second-order valence-electron chi connectivity index (χ2n) is 4.50. The zero-order valence-electron chi connectivity index (χ0n) is 11.5. The number of rotatable bonds is 3. The van der Waals surface area contributed by atoms with Crippen molar-refractivity contribution in [2.45, 2.75) is 0 Å². The van der Waals surface area contributed by atoms with Gasteiger partial charge in [0.25, 0.3) is 5.91 Å². The van der Waals surface area contributed by atoms with Crippen molar-refractivity contribution in [1.82, 2.24) is 15.2 Å². The molecule has 104 valence electrons. The third-order valence-electron chi connectivity index (χ3n) is 2.98. The van der Waals surface area contributed by atoms with Gasteiger partial charge in [-0.25, -0.2) is 0 Å². The molecule has 6 heteroatoms. The quantitative estimate of drug-likeness (QED) is 0.732. The van der Waals surface area contributed by atoms with Crippen LogP contribution in [0, 0.1) is 0 Å². The molecule has 1 heterocycles. The van der Waals surface area contributed by atoms with Crippen molar-refractivity contribution in [3.8, 4) is 11.4 Å². The summed E-state index contributed by atoms with van der Waals surface area (Å²) in [4.78, 5) is 13.2. The molecule has 0 aliphatic rings. The Morgan fingerprint density at radius 2 is 1.67 bits per heavy atom. The first-order valence-corrected chi connectivity index (χ1v) is 6.49. The number of nitrogens with one attached hydrogen (secondary N) is 1. The molecule has 0 radical (unpaired) electrons. The SMILES string of the molecule is C[n+]1nn(NC(=O)c2ccccc2)nc1-c1ccccc1. The number of tetrazole rings is 1. The van der Waals surface area contributed by atoms with Crippen LogP contribution >= 0.6 is 0 Å². The Labute approximate surface area is 121 Å². The number of aryl methyl sites for hydroxylation is 1. The zero-order chi connectivity index (χ0) is 14.7. The maximum atomic E-state index is 12.0. The molecule has 1 aromatic heterocycles. The summed E-state index contributed by atoms with van der Waals surface area (Å²) < 4.78 is 1.61. The Balaban J connectivity index is 1.84. The molecule has 3 aromatic rings. The number of carbonyl (C=O) groups is 1. The maximum Gasteiger partial charge on any atom is 0.332 e. The van der Waals surface area contributed by atoms with E-state index >= 15 is 0 Å². The Kier molecular flexibility index (Phi) is 3.42. The molecule has 0 bridgehead atoms. The van der Waals surface area contributed by atoms with Crippen LogP contribution in [0.15, 0.2) is 60.7 Å². The highest BCUT2D eigenvalue weighted by atomic mass is 16.2. The number of benzene rings is 2. The summed E-state index contributed by atoms with van der Waals surface area (Å²) >= 11 is 0. The Morgan fingerprint density at radius 1 is 1.05 bits per heavy atom. The highest BCUT2D eigenvalue weighted by molar-refractivity contribution is 5.99. The van der Waals surface area contributed by atoms with Gasteiger partial charge in [-0.05, 0) is 24.3 Å². The number of aromatic nitrogens is 4. The van der Waals surface area contributed by atoms with Crippen LogP contribution in [0.5, 0.6) is 0 Å². The van der Waals surface area contributed by atoms with Crippen molar-refractivity contribution >= 4 is 5.91 Å². The van der Waals surface area contributed by atoms with E-state index in [1.54, 1.807) is 36.0 Å². The molecule has 3 rings (SSSR count). The first kappa shape index (κ1) is 13.0. The minimum Gasteiger partial charge on any atom is -0.266 e. The van der Waals surface area contributed by atoms with Gasteiger partial charge >= 0.3 is 5.82 Å². The predicted octanol–water partition coefficient (Wildman–Crippen LogP) is 1.15. The minimum atomic E-state index is -0.259. The average Bonchev–Trinajstić information content (AvgIpc) is 2.89. The molecule has 0 saturated carbocycles. The fourth-order valence-electron chi connectivity index (χ4n) is 1.97. The van der Waals surface area contributed by atoms with Gasteiger partial charge in [0.15, 0.2) is 0 Å². The molecule has 0 spiro atoms. The summed E-state index contributed by atoms with van der Waals surface area (Å²) in [6.07, 6.45) is 0. The summed E-state index contributed by atoms with van der Waals surface area (Å²) in [5, 5.41) is 8.42. The fraction of sp³-hybridized carbons (Fsp3) is 0.0667. The summed E-state index contributed by atoms with van der Waals surface area (Å²) in [5.41, 5.74) is 4.11. The Morgan fingerprint density at radius 3 is 2.33 bits per heavy atom. The molecular formula is C15H14N5O+. The molecule has 1 amide bonds. The topological polar surface area (TPSA) is 63.7 Å². The summed E-state index contributed by atoms with van der Waals surface area (Å²) in [7, 11) is 1.78. The molecule has 0 atom stereocenters. The van der Waals surface area contributed by atoms with Crippen LogP contribution in [0.2, 0.25) is 0 Å². The molecule has 0 aliphatic heterocycles. The zero-order valence-corrected chi connectivity index (χ0v) is 11.5. The lowest BCUT2D eigenvalue weighted by molar-refractivity contribution is -0.722. The largest absolute Gasteiger partial charge is 0.332 e. The van der Waals surface area contributed by atoms with Crippen molar-refractivity contribution < 1.29 is 9.48 Å². The second kappa shape index (κ2) is 5.54. The van der Waals surface area contributed by atoms with Gasteiger partial charge in [-0.15, -0.1) is 4.68 Å². The predicted molar refractivity (Wildman–Crippen MR) is 76.8 cm³/mol. The molecule has 6 nitrogen and oxygen atoms in total. The Hall–Kier alpha value is -3.02. The van der Waals surface area contributed by atoms with E-state index in [0.717, 1.165) is 5.56 Å². The van der Waals surface area contributed by atoms with Crippen molar-refractivity contribution in [2.75, 3.05) is 5.43 Å². The fourth-order valence-corrected chi connectivity index (χ4v) is 1.97. The third kappa shape index (κ3) is 2.79. The lowest BCUT2D eigenvalue weighted by Gasteiger charge is -1.96. The highest BCUT2D eigenvalue weighted by Crippen LogP contribution is 2.10. The van der Waals surface area contributed by atoms with E-state index in [9.17, 15) is 4.79 Å². The number of amides is 1. The van der Waals surface area contributed by atoms with Crippen LogP contribution in [0.1, 0.15) is 10.4 Å². The molecular weight excluding hydrogens is 266 g/mol. The first-order chi connectivity index (χ1) is 10.2. The summed E-state index contributed by atoms with van der Waals surface area (Å²) in [6.45, 7) is 0. The van der Waals surface area contributed by atoms with Gasteiger partial charge in [0.2, 0.25) is 0 Å². The maximum absolute atomic E-state index is 12.0. The van der Waals surface area contributed by atoms with Crippen LogP contribution in [0.3, 0.4) is 0 Å². The van der Waals surface area contributed by atoms with Crippen LogP contribution < -0.4 is 10.1 Å². The molecule has 0 saturated heterocycles. The normalized spacial score (nSPS) is 10.3. The van der Waals surface area contributed by atoms with Gasteiger partial charge in [-0.2, -0.15) is 5.43 Å². The van der Waals surface area contributed by atoms with Crippen molar-refractivity contribution in [1.29, 1.82) is 0 Å². The van der Waals surface area contributed by atoms with E-state index in [1.165, 1.54) is 4.91 Å². The smallest absolute Gasteiger partial charge is 0.266 e. The molecule has 2 aromatic carbocycles. The second-order valence-corrected chi connectivity index (χ2v) is 4.50. The Bertz CT molecular complexity index is 752. The summed E-state index contributed by atoms with van der Waals surface area (Å²) in [6, 6.07) is 18.6. The lowest BCUT2D eigenvalue weighted by atomic mass is 10.2. The van der Waals surface area contributed by atoms with Gasteiger partial charge in [-0.1, -0.05) is 36.4 Å². The van der Waals surface area contributed by atoms with Crippen molar-refractivity contribution in [2.24, 2.45) is 7.05 Å². The molecule has 21 heavy (non-hydrogen) atoms. The van der Waals surface area contributed by atoms with Crippen LogP contribution in [0.4, 0.5) is 0 Å². The highest BCUT2D eigenvalue weighted by Gasteiger charge is 2.20. The molecule has 0 fully saturated rings. The molecule has 0 unspecified atom stereocenters. The summed E-state index contributed by atoms with van der Waals surface area (Å²) in [5.74, 6) is 0.412. The van der Waals surface area contributed by atoms with Gasteiger partial charge in [0, 0.05) is 5.56 Å². The lowest BCUT2D eigenvalue weighted by Crippen LogP contribution is -2.35. The standard InChI is InChI=1S/C15H13N5O/c1-19-14(12-8-4-2-5-9-12)16-20(18-19)17-15(21)13-10-6-3-7-11-13/h2-11H,1H3/p+1. The van der Waals surface area contributed by atoms with Gasteiger partial charge < -0.3 is 0 Å². The monoisotopic (exact) mass is 280 g/mol. The van der Waals surface area contributed by atoms with Gasteiger partial charge in [0.05, 0.1) is 27.8 Å². The van der Waals surface area contributed by atoms with E-state index in [2.05, 4.69) is 15.7 Å². The van der Waals surface area contributed by atoms with Crippen LogP contribution in [-0.4, -0.2) is 21.1 Å². The van der Waals surface area contributed by atoms with Gasteiger partial charge in [-0.3, -0.25) is 4.79 Å². The van der Waals surface area contributed by atoms with Crippen molar-refractivity contribution in [3.05, 3.63) is 66.2 Å². The molecule has 0 aliphatic carbocycles. The van der Waals surface area contributed by atoms with Gasteiger partial charge in [0.1, 0.15) is 0 Å². The van der Waals surface area contributed by atoms with E-state index in [0.29, 0.717) is 11.4 Å². The third-order valence-corrected chi connectivity index (χ3v) is 2.98. The van der Waals surface area contributed by atoms with Crippen LogP contribution in [-0.2, 0) is 7.05 Å². The number of nitrogens with zero attached hydrogens (tertiary/aromatic N) is 4. The van der Waals surface area contributed by atoms with Crippen LogP contribution in [0.25, 0.3) is 11.4 Å². The molecule has 1 N–H and O–H groups in total. The number of hydrogen-bond acceptors (Lipinski definition) is 3. The van der Waals surface area contributed by atoms with E-state index < -0.39 is 0 Å². The van der Waals surface area contributed by atoms with Crippen molar-refractivity contribution in [3.63, 3.8) is 0 Å².